The lowest BCUT2D eigenvalue weighted by molar-refractivity contribution is 0.247. The van der Waals surface area contributed by atoms with Crippen molar-refractivity contribution >= 4 is 22.5 Å². The highest BCUT2D eigenvalue weighted by Gasteiger charge is 2.20. The second-order valence-electron chi connectivity index (χ2n) is 5.00. The molecule has 0 radical (unpaired) electrons. The van der Waals surface area contributed by atoms with E-state index in [9.17, 15) is 4.79 Å². The topological polar surface area (TPSA) is 85.4 Å². The standard InChI is InChI=1S/C16H22N4O3S/c1-5-11(10-8-7-9-12(22-3)14(10)23-4)17-15(21)18-16-20-19-13(6-2)24-16/h7-9,11H,5-6H2,1-4H3,(H2,17,18,20,21). The van der Waals surface area contributed by atoms with Gasteiger partial charge in [0, 0.05) is 5.56 Å². The first-order valence-corrected chi connectivity index (χ1v) is 8.55. The van der Waals surface area contributed by atoms with Crippen molar-refractivity contribution in [3.8, 4) is 11.5 Å². The molecule has 2 amide bonds. The third-order valence-electron chi connectivity index (χ3n) is 3.51. The van der Waals surface area contributed by atoms with Gasteiger partial charge in [0.2, 0.25) is 5.13 Å². The molecular weight excluding hydrogens is 328 g/mol. The molecule has 0 aliphatic carbocycles. The van der Waals surface area contributed by atoms with Crippen LogP contribution < -0.4 is 20.1 Å². The number of rotatable bonds is 7. The van der Waals surface area contributed by atoms with E-state index in [1.807, 2.05) is 32.0 Å². The molecule has 0 aliphatic heterocycles. The van der Waals surface area contributed by atoms with Crippen LogP contribution in [0.3, 0.4) is 0 Å². The summed E-state index contributed by atoms with van der Waals surface area (Å²) in [5.74, 6) is 1.25. The molecule has 1 atom stereocenters. The van der Waals surface area contributed by atoms with Gasteiger partial charge in [-0.1, -0.05) is 37.3 Å². The third kappa shape index (κ3) is 4.14. The monoisotopic (exact) mass is 350 g/mol. The van der Waals surface area contributed by atoms with Crippen LogP contribution in [-0.2, 0) is 6.42 Å². The van der Waals surface area contributed by atoms with Crippen LogP contribution in [0.5, 0.6) is 11.5 Å². The maximum absolute atomic E-state index is 12.3. The summed E-state index contributed by atoms with van der Waals surface area (Å²) in [6, 6.07) is 5.06. The second kappa shape index (κ2) is 8.49. The number of hydrogen-bond donors (Lipinski definition) is 2. The molecule has 130 valence electrons. The minimum atomic E-state index is -0.328. The number of para-hydroxylation sites is 1. The highest BCUT2D eigenvalue weighted by molar-refractivity contribution is 7.15. The minimum Gasteiger partial charge on any atom is -0.493 e. The van der Waals surface area contributed by atoms with E-state index in [1.165, 1.54) is 11.3 Å². The number of urea groups is 1. The number of aryl methyl sites for hydroxylation is 1. The van der Waals surface area contributed by atoms with Crippen LogP contribution in [-0.4, -0.2) is 30.4 Å². The molecule has 2 rings (SSSR count). The first-order chi connectivity index (χ1) is 11.6. The lowest BCUT2D eigenvalue weighted by atomic mass is 10.0. The van der Waals surface area contributed by atoms with Crippen molar-refractivity contribution in [2.45, 2.75) is 32.7 Å². The van der Waals surface area contributed by atoms with Crippen molar-refractivity contribution in [1.82, 2.24) is 15.5 Å². The highest BCUT2D eigenvalue weighted by Crippen LogP contribution is 2.35. The zero-order valence-corrected chi connectivity index (χ0v) is 15.1. The van der Waals surface area contributed by atoms with E-state index in [0.29, 0.717) is 23.1 Å². The van der Waals surface area contributed by atoms with Gasteiger partial charge in [-0.2, -0.15) is 0 Å². The number of aromatic nitrogens is 2. The number of benzene rings is 1. The van der Waals surface area contributed by atoms with Gasteiger partial charge in [-0.25, -0.2) is 4.79 Å². The Morgan fingerprint density at radius 1 is 1.25 bits per heavy atom. The van der Waals surface area contributed by atoms with E-state index in [4.69, 9.17) is 9.47 Å². The number of anilines is 1. The van der Waals surface area contributed by atoms with Crippen molar-refractivity contribution in [3.63, 3.8) is 0 Å². The molecule has 2 aromatic rings. The van der Waals surface area contributed by atoms with Crippen molar-refractivity contribution < 1.29 is 14.3 Å². The lowest BCUT2D eigenvalue weighted by Crippen LogP contribution is -2.32. The Hall–Kier alpha value is -2.35. The number of hydrogen-bond acceptors (Lipinski definition) is 6. The molecule has 1 aromatic carbocycles. The Kier molecular flexibility index (Phi) is 6.36. The molecule has 0 saturated carbocycles. The molecule has 1 aromatic heterocycles. The smallest absolute Gasteiger partial charge is 0.321 e. The van der Waals surface area contributed by atoms with Crippen molar-refractivity contribution in [1.29, 1.82) is 0 Å². The van der Waals surface area contributed by atoms with Crippen molar-refractivity contribution in [3.05, 3.63) is 28.8 Å². The Morgan fingerprint density at radius 3 is 2.62 bits per heavy atom. The second-order valence-corrected chi connectivity index (χ2v) is 6.06. The summed E-state index contributed by atoms with van der Waals surface area (Å²) in [7, 11) is 3.17. The van der Waals surface area contributed by atoms with E-state index in [1.54, 1.807) is 14.2 Å². The van der Waals surface area contributed by atoms with Gasteiger partial charge in [0.1, 0.15) is 5.01 Å². The van der Waals surface area contributed by atoms with Crippen molar-refractivity contribution in [2.24, 2.45) is 0 Å². The Balaban J connectivity index is 2.12. The lowest BCUT2D eigenvalue weighted by Gasteiger charge is -2.21. The SMILES string of the molecule is CCc1nnc(NC(=O)NC(CC)c2cccc(OC)c2OC)s1. The van der Waals surface area contributed by atoms with Gasteiger partial charge in [-0.15, -0.1) is 10.2 Å². The molecule has 2 N–H and O–H groups in total. The van der Waals surface area contributed by atoms with E-state index in [-0.39, 0.29) is 12.1 Å². The molecular formula is C16H22N4O3S. The van der Waals surface area contributed by atoms with Gasteiger partial charge in [0.05, 0.1) is 20.3 Å². The molecule has 0 aliphatic rings. The number of nitrogens with one attached hydrogen (secondary N) is 2. The van der Waals surface area contributed by atoms with Crippen LogP contribution in [0.25, 0.3) is 0 Å². The molecule has 0 spiro atoms. The number of nitrogens with zero attached hydrogens (tertiary/aromatic N) is 2. The van der Waals surface area contributed by atoms with Crippen LogP contribution in [0.2, 0.25) is 0 Å². The molecule has 1 heterocycles. The fraction of sp³-hybridized carbons (Fsp3) is 0.438. The largest absolute Gasteiger partial charge is 0.493 e. The van der Waals surface area contributed by atoms with Crippen LogP contribution >= 0.6 is 11.3 Å². The van der Waals surface area contributed by atoms with E-state index >= 15 is 0 Å². The Bertz CT molecular complexity index is 690. The molecule has 24 heavy (non-hydrogen) atoms. The van der Waals surface area contributed by atoms with Gasteiger partial charge < -0.3 is 14.8 Å². The molecule has 8 heteroatoms. The summed E-state index contributed by atoms with van der Waals surface area (Å²) in [6.07, 6.45) is 1.49. The number of methoxy groups -OCH3 is 2. The summed E-state index contributed by atoms with van der Waals surface area (Å²) in [4.78, 5) is 12.3. The fourth-order valence-corrected chi connectivity index (χ4v) is 3.00. The zero-order chi connectivity index (χ0) is 17.5. The zero-order valence-electron chi connectivity index (χ0n) is 14.3. The number of carbonyl (C=O) groups excluding carboxylic acids is 1. The molecule has 0 saturated heterocycles. The molecule has 0 bridgehead atoms. The van der Waals surface area contributed by atoms with Gasteiger partial charge in [0.15, 0.2) is 11.5 Å². The quantitative estimate of drug-likeness (QED) is 0.799. The normalized spacial score (nSPS) is 11.7. The van der Waals surface area contributed by atoms with Crippen molar-refractivity contribution in [2.75, 3.05) is 19.5 Å². The fourth-order valence-electron chi connectivity index (χ4n) is 2.32. The molecule has 1 unspecified atom stereocenters. The summed E-state index contributed by atoms with van der Waals surface area (Å²) in [6.45, 7) is 3.98. The van der Waals surface area contributed by atoms with E-state index < -0.39 is 0 Å². The molecule has 7 nitrogen and oxygen atoms in total. The van der Waals surface area contributed by atoms with Crippen LogP contribution in [0.1, 0.15) is 36.9 Å². The van der Waals surface area contributed by atoms with Crippen LogP contribution in [0, 0.1) is 0 Å². The maximum Gasteiger partial charge on any atom is 0.321 e. The number of amides is 2. The predicted octanol–water partition coefficient (Wildman–Crippen LogP) is 3.39. The maximum atomic E-state index is 12.3. The first kappa shape index (κ1) is 18.0. The van der Waals surface area contributed by atoms with Gasteiger partial charge in [-0.3, -0.25) is 5.32 Å². The Morgan fingerprint density at radius 2 is 2.04 bits per heavy atom. The highest BCUT2D eigenvalue weighted by atomic mass is 32.1. The summed E-state index contributed by atoms with van der Waals surface area (Å²) in [5.41, 5.74) is 0.862. The first-order valence-electron chi connectivity index (χ1n) is 7.73. The van der Waals surface area contributed by atoms with Gasteiger partial charge in [0.25, 0.3) is 0 Å². The Labute approximate surface area is 145 Å². The summed E-state index contributed by atoms with van der Waals surface area (Å²) < 4.78 is 10.8. The third-order valence-corrected chi connectivity index (χ3v) is 4.50. The number of ether oxygens (including phenoxy) is 2. The average molecular weight is 350 g/mol. The minimum absolute atomic E-state index is 0.214. The van der Waals surface area contributed by atoms with E-state index in [0.717, 1.165) is 17.0 Å². The van der Waals surface area contributed by atoms with Gasteiger partial charge >= 0.3 is 6.03 Å². The molecule has 0 fully saturated rings. The average Bonchev–Trinajstić information content (AvgIpc) is 3.06. The summed E-state index contributed by atoms with van der Waals surface area (Å²) >= 11 is 1.37. The van der Waals surface area contributed by atoms with E-state index in [2.05, 4.69) is 20.8 Å². The van der Waals surface area contributed by atoms with Crippen LogP contribution in [0.15, 0.2) is 18.2 Å². The summed E-state index contributed by atoms with van der Waals surface area (Å²) in [5, 5.41) is 15.0. The number of carbonyl (C=O) groups is 1. The van der Waals surface area contributed by atoms with Gasteiger partial charge in [-0.05, 0) is 18.9 Å². The van der Waals surface area contributed by atoms with Crippen LogP contribution in [0.4, 0.5) is 9.93 Å². The predicted molar refractivity (Wildman–Crippen MR) is 94.0 cm³/mol.